The second kappa shape index (κ2) is 4.81. The fraction of sp³-hybridized carbons (Fsp3) is 0.737. The smallest absolute Gasteiger partial charge is 0.127 e. The summed E-state index contributed by atoms with van der Waals surface area (Å²) in [6.07, 6.45) is 13.4. The lowest BCUT2D eigenvalue weighted by atomic mass is 9.54. The van der Waals surface area contributed by atoms with E-state index in [4.69, 9.17) is 0 Å². The first-order chi connectivity index (χ1) is 10.1. The average molecular weight is 286 g/mol. The number of allylic oxidation sites excluding steroid dienone is 4. The third-order valence-corrected chi connectivity index (χ3v) is 7.15. The summed E-state index contributed by atoms with van der Waals surface area (Å²) in [6.45, 7) is 2.33. The van der Waals surface area contributed by atoms with Gasteiger partial charge in [-0.2, -0.15) is 0 Å². The summed E-state index contributed by atoms with van der Waals surface area (Å²) >= 11 is 0. The summed E-state index contributed by atoms with van der Waals surface area (Å²) < 4.78 is 0. The summed E-state index contributed by atoms with van der Waals surface area (Å²) in [6, 6.07) is 0. The molecule has 0 aliphatic heterocycles. The molecule has 2 saturated carbocycles. The van der Waals surface area contributed by atoms with Crippen molar-refractivity contribution in [2.24, 2.45) is 29.1 Å². The summed E-state index contributed by atoms with van der Waals surface area (Å²) in [5, 5.41) is 10.4. The normalized spacial score (nSPS) is 48.6. The van der Waals surface area contributed by atoms with E-state index < -0.39 is 0 Å². The van der Waals surface area contributed by atoms with Crippen LogP contribution in [0, 0.1) is 29.1 Å². The SMILES string of the molecule is CC12CCC3C4=C(CCC3C1CCC2O)CC(C=O)C=C4. The van der Waals surface area contributed by atoms with Gasteiger partial charge >= 0.3 is 0 Å². The van der Waals surface area contributed by atoms with Gasteiger partial charge in [0.25, 0.3) is 0 Å². The summed E-state index contributed by atoms with van der Waals surface area (Å²) in [4.78, 5) is 11.0. The van der Waals surface area contributed by atoms with E-state index in [0.717, 1.165) is 25.0 Å². The number of hydrogen-bond acceptors (Lipinski definition) is 2. The predicted molar refractivity (Wildman–Crippen MR) is 82.6 cm³/mol. The Morgan fingerprint density at radius 1 is 1.29 bits per heavy atom. The van der Waals surface area contributed by atoms with Gasteiger partial charge in [-0.15, -0.1) is 0 Å². The van der Waals surface area contributed by atoms with Crippen LogP contribution in [0.4, 0.5) is 0 Å². The molecular weight excluding hydrogens is 260 g/mol. The van der Waals surface area contributed by atoms with E-state index in [1.165, 1.54) is 32.1 Å². The van der Waals surface area contributed by atoms with Crippen LogP contribution in [0.5, 0.6) is 0 Å². The fourth-order valence-corrected chi connectivity index (χ4v) is 5.93. The number of hydrogen-bond donors (Lipinski definition) is 1. The highest BCUT2D eigenvalue weighted by atomic mass is 16.3. The van der Waals surface area contributed by atoms with Crippen LogP contribution in [0.25, 0.3) is 0 Å². The quantitative estimate of drug-likeness (QED) is 0.747. The molecule has 114 valence electrons. The molecule has 0 heterocycles. The monoisotopic (exact) mass is 286 g/mol. The van der Waals surface area contributed by atoms with Gasteiger partial charge in [0.1, 0.15) is 6.29 Å². The molecule has 6 atom stereocenters. The van der Waals surface area contributed by atoms with Gasteiger partial charge in [0, 0.05) is 5.92 Å². The van der Waals surface area contributed by atoms with Crippen molar-refractivity contribution in [2.45, 2.75) is 58.0 Å². The van der Waals surface area contributed by atoms with Gasteiger partial charge in [0.15, 0.2) is 0 Å². The molecule has 0 spiro atoms. The second-order valence-corrected chi connectivity index (χ2v) is 7.98. The zero-order valence-corrected chi connectivity index (χ0v) is 12.9. The van der Waals surface area contributed by atoms with Crippen molar-refractivity contribution < 1.29 is 9.90 Å². The van der Waals surface area contributed by atoms with Crippen LogP contribution in [-0.2, 0) is 4.79 Å². The van der Waals surface area contributed by atoms with Gasteiger partial charge in [0.2, 0.25) is 0 Å². The minimum Gasteiger partial charge on any atom is -0.393 e. The summed E-state index contributed by atoms with van der Waals surface area (Å²) in [7, 11) is 0. The van der Waals surface area contributed by atoms with E-state index in [1.807, 2.05) is 0 Å². The molecule has 4 rings (SSSR count). The first-order valence-electron chi connectivity index (χ1n) is 8.67. The number of carbonyl (C=O) groups excluding carboxylic acids is 1. The molecule has 2 heteroatoms. The molecule has 0 radical (unpaired) electrons. The van der Waals surface area contributed by atoms with Crippen molar-refractivity contribution in [1.82, 2.24) is 0 Å². The maximum Gasteiger partial charge on any atom is 0.127 e. The zero-order valence-electron chi connectivity index (χ0n) is 12.9. The molecule has 21 heavy (non-hydrogen) atoms. The Morgan fingerprint density at radius 2 is 2.14 bits per heavy atom. The number of carbonyl (C=O) groups is 1. The van der Waals surface area contributed by atoms with Crippen molar-refractivity contribution >= 4 is 6.29 Å². The maximum atomic E-state index is 11.0. The van der Waals surface area contributed by atoms with Crippen molar-refractivity contribution in [3.63, 3.8) is 0 Å². The Kier molecular flexibility index (Phi) is 3.15. The maximum absolute atomic E-state index is 11.0. The molecule has 2 fully saturated rings. The van der Waals surface area contributed by atoms with Gasteiger partial charge in [0.05, 0.1) is 6.10 Å². The van der Waals surface area contributed by atoms with Gasteiger partial charge in [-0.1, -0.05) is 24.6 Å². The van der Waals surface area contributed by atoms with Gasteiger partial charge < -0.3 is 9.90 Å². The Labute approximate surface area is 127 Å². The van der Waals surface area contributed by atoms with Crippen LogP contribution in [0.15, 0.2) is 23.3 Å². The third-order valence-electron chi connectivity index (χ3n) is 7.15. The van der Waals surface area contributed by atoms with E-state index in [-0.39, 0.29) is 17.4 Å². The Hall–Kier alpha value is -0.890. The molecule has 2 nitrogen and oxygen atoms in total. The molecule has 4 aliphatic carbocycles. The predicted octanol–water partition coefficient (Wildman–Crippen LogP) is 3.66. The lowest BCUT2D eigenvalue weighted by Crippen LogP contribution is -2.45. The highest BCUT2D eigenvalue weighted by molar-refractivity contribution is 5.59. The minimum atomic E-state index is -0.0832. The lowest BCUT2D eigenvalue weighted by Gasteiger charge is -2.51. The molecule has 6 unspecified atom stereocenters. The molecule has 1 N–H and O–H groups in total. The zero-order chi connectivity index (χ0) is 14.6. The largest absolute Gasteiger partial charge is 0.393 e. The van der Waals surface area contributed by atoms with Crippen molar-refractivity contribution in [3.05, 3.63) is 23.3 Å². The number of rotatable bonds is 1. The molecular formula is C19H26O2. The van der Waals surface area contributed by atoms with Crippen molar-refractivity contribution in [2.75, 3.05) is 0 Å². The Balaban J connectivity index is 1.63. The standard InChI is InChI=1S/C19H26O2/c1-19-9-8-15-14-4-2-12(11-20)10-13(14)3-5-16(15)17(19)6-7-18(19)21/h2,4,11-12,15-18,21H,3,5-10H2,1H3. The topological polar surface area (TPSA) is 37.3 Å². The molecule has 0 saturated heterocycles. The first-order valence-corrected chi connectivity index (χ1v) is 8.67. The number of aliphatic hydroxyl groups excluding tert-OH is 1. The molecule has 0 aromatic heterocycles. The van der Waals surface area contributed by atoms with Crippen LogP contribution in [0.2, 0.25) is 0 Å². The number of fused-ring (bicyclic) bond motifs is 4. The van der Waals surface area contributed by atoms with Crippen LogP contribution >= 0.6 is 0 Å². The second-order valence-electron chi connectivity index (χ2n) is 7.98. The molecule has 0 amide bonds. The molecule has 4 aliphatic rings. The van der Waals surface area contributed by atoms with Gasteiger partial charge in [-0.3, -0.25) is 0 Å². The number of aldehydes is 1. The molecule has 0 bridgehead atoms. The highest BCUT2D eigenvalue weighted by Gasteiger charge is 2.54. The molecule has 0 aromatic rings. The fourth-order valence-electron chi connectivity index (χ4n) is 5.93. The third kappa shape index (κ3) is 1.91. The van der Waals surface area contributed by atoms with Gasteiger partial charge in [-0.05, 0) is 73.7 Å². The van der Waals surface area contributed by atoms with E-state index in [0.29, 0.717) is 11.8 Å². The van der Waals surface area contributed by atoms with E-state index >= 15 is 0 Å². The summed E-state index contributed by atoms with van der Waals surface area (Å²) in [5.41, 5.74) is 3.29. The van der Waals surface area contributed by atoms with Crippen LogP contribution in [0.1, 0.15) is 51.9 Å². The Morgan fingerprint density at radius 3 is 2.95 bits per heavy atom. The first kappa shape index (κ1) is 13.8. The van der Waals surface area contributed by atoms with E-state index in [2.05, 4.69) is 19.1 Å². The van der Waals surface area contributed by atoms with Crippen molar-refractivity contribution in [1.29, 1.82) is 0 Å². The average Bonchev–Trinajstić information content (AvgIpc) is 2.82. The van der Waals surface area contributed by atoms with Crippen LogP contribution in [0.3, 0.4) is 0 Å². The van der Waals surface area contributed by atoms with Gasteiger partial charge in [-0.25, -0.2) is 0 Å². The minimum absolute atomic E-state index is 0.0832. The van der Waals surface area contributed by atoms with Crippen molar-refractivity contribution in [3.8, 4) is 0 Å². The van der Waals surface area contributed by atoms with E-state index in [1.54, 1.807) is 11.1 Å². The molecule has 0 aromatic carbocycles. The van der Waals surface area contributed by atoms with E-state index in [9.17, 15) is 9.90 Å². The van der Waals surface area contributed by atoms with Crippen LogP contribution in [-0.4, -0.2) is 17.5 Å². The Bertz CT molecular complexity index is 518. The lowest BCUT2D eigenvalue weighted by molar-refractivity contribution is -0.110. The number of aliphatic hydroxyl groups is 1. The summed E-state index contributed by atoms with van der Waals surface area (Å²) in [5.74, 6) is 2.28. The van der Waals surface area contributed by atoms with Crippen LogP contribution < -0.4 is 0 Å². The highest BCUT2D eigenvalue weighted by Crippen LogP contribution is 2.60.